The summed E-state index contributed by atoms with van der Waals surface area (Å²) in [6.45, 7) is 0.949. The van der Waals surface area contributed by atoms with Crippen molar-refractivity contribution in [1.29, 1.82) is 0 Å². The summed E-state index contributed by atoms with van der Waals surface area (Å²) in [4.78, 5) is 2.44. The SMILES string of the molecule is O=S(=O)(c1ccc(OC(F)F)cc1)N1CC2=C(CN(C3CCOC3)C2)C1. The van der Waals surface area contributed by atoms with Gasteiger partial charge in [0.25, 0.3) is 0 Å². The van der Waals surface area contributed by atoms with Crippen LogP contribution < -0.4 is 4.74 Å². The third kappa shape index (κ3) is 3.36. The standard InChI is InChI=1S/C17H20F2N2O4S/c18-17(19)25-15-1-3-16(4-2-15)26(22,23)21-9-12-7-20(8-13(12)10-21)14-5-6-24-11-14/h1-4,14,17H,5-11H2. The minimum absolute atomic E-state index is 0.0598. The second-order valence-corrected chi connectivity index (χ2v) is 8.69. The molecule has 0 bridgehead atoms. The molecule has 0 N–H and O–H groups in total. The summed E-state index contributed by atoms with van der Waals surface area (Å²) in [6.07, 6.45) is 1.02. The molecule has 9 heteroatoms. The van der Waals surface area contributed by atoms with Crippen LogP contribution in [-0.2, 0) is 14.8 Å². The number of hydrogen-bond donors (Lipinski definition) is 0. The molecule has 0 saturated carbocycles. The van der Waals surface area contributed by atoms with E-state index in [4.69, 9.17) is 4.74 Å². The van der Waals surface area contributed by atoms with E-state index < -0.39 is 16.6 Å². The third-order valence-electron chi connectivity index (χ3n) is 5.13. The first-order valence-electron chi connectivity index (χ1n) is 8.50. The minimum atomic E-state index is -3.66. The van der Waals surface area contributed by atoms with Crippen molar-refractivity contribution < 1.29 is 26.7 Å². The molecule has 1 fully saturated rings. The second kappa shape index (κ2) is 6.88. The van der Waals surface area contributed by atoms with Crippen LogP contribution in [0.25, 0.3) is 0 Å². The number of hydrogen-bond acceptors (Lipinski definition) is 5. The molecule has 1 unspecified atom stereocenters. The van der Waals surface area contributed by atoms with Crippen molar-refractivity contribution in [3.63, 3.8) is 0 Å². The average molecular weight is 386 g/mol. The van der Waals surface area contributed by atoms with Gasteiger partial charge in [-0.25, -0.2) is 8.42 Å². The Morgan fingerprint density at radius 3 is 2.27 bits per heavy atom. The molecule has 0 spiro atoms. The Balaban J connectivity index is 1.41. The largest absolute Gasteiger partial charge is 0.435 e. The van der Waals surface area contributed by atoms with Crippen molar-refractivity contribution in [3.05, 3.63) is 35.4 Å². The van der Waals surface area contributed by atoms with E-state index in [1.165, 1.54) is 28.6 Å². The van der Waals surface area contributed by atoms with E-state index in [9.17, 15) is 17.2 Å². The number of sulfonamides is 1. The van der Waals surface area contributed by atoms with E-state index in [1.807, 2.05) is 0 Å². The Bertz CT molecular complexity index is 787. The van der Waals surface area contributed by atoms with E-state index >= 15 is 0 Å². The summed E-state index contributed by atoms with van der Waals surface area (Å²) < 4.78 is 61.2. The predicted molar refractivity (Wildman–Crippen MR) is 89.7 cm³/mol. The number of nitrogens with zero attached hydrogens (tertiary/aromatic N) is 2. The van der Waals surface area contributed by atoms with Crippen molar-refractivity contribution in [3.8, 4) is 5.75 Å². The second-order valence-electron chi connectivity index (χ2n) is 6.75. The molecule has 1 saturated heterocycles. The third-order valence-corrected chi connectivity index (χ3v) is 6.94. The normalized spacial score (nSPS) is 24.7. The lowest BCUT2D eigenvalue weighted by molar-refractivity contribution is -0.0498. The molecular formula is C17H20F2N2O4S. The molecule has 3 heterocycles. The minimum Gasteiger partial charge on any atom is -0.435 e. The highest BCUT2D eigenvalue weighted by molar-refractivity contribution is 7.89. The number of ether oxygens (including phenoxy) is 2. The molecule has 0 aromatic heterocycles. The quantitative estimate of drug-likeness (QED) is 0.721. The van der Waals surface area contributed by atoms with Gasteiger partial charge in [-0.05, 0) is 41.8 Å². The van der Waals surface area contributed by atoms with Gasteiger partial charge in [-0.1, -0.05) is 0 Å². The van der Waals surface area contributed by atoms with Gasteiger partial charge < -0.3 is 9.47 Å². The van der Waals surface area contributed by atoms with Crippen molar-refractivity contribution in [2.24, 2.45) is 0 Å². The van der Waals surface area contributed by atoms with Gasteiger partial charge in [-0.2, -0.15) is 13.1 Å². The average Bonchev–Trinajstić information content (AvgIpc) is 3.30. The molecule has 6 nitrogen and oxygen atoms in total. The molecule has 26 heavy (non-hydrogen) atoms. The van der Waals surface area contributed by atoms with Gasteiger partial charge in [0.15, 0.2) is 0 Å². The molecule has 4 rings (SSSR count). The molecule has 1 atom stereocenters. The highest BCUT2D eigenvalue weighted by atomic mass is 32.2. The Labute approximate surface area is 151 Å². The lowest BCUT2D eigenvalue weighted by Gasteiger charge is -2.26. The lowest BCUT2D eigenvalue weighted by Crippen LogP contribution is -2.38. The van der Waals surface area contributed by atoms with Crippen molar-refractivity contribution in [2.45, 2.75) is 24.0 Å². The molecule has 3 aliphatic rings. The van der Waals surface area contributed by atoms with E-state index in [2.05, 4.69) is 9.64 Å². The maximum Gasteiger partial charge on any atom is 0.387 e. The Hall–Kier alpha value is -1.55. The molecule has 3 aliphatic heterocycles. The van der Waals surface area contributed by atoms with Gasteiger partial charge in [0.2, 0.25) is 10.0 Å². The first kappa shape index (κ1) is 17.8. The summed E-state index contributed by atoms with van der Waals surface area (Å²) >= 11 is 0. The predicted octanol–water partition coefficient (Wildman–Crippen LogP) is 1.69. The van der Waals surface area contributed by atoms with E-state index in [1.54, 1.807) is 0 Å². The van der Waals surface area contributed by atoms with Gasteiger partial charge in [0.05, 0.1) is 11.5 Å². The van der Waals surface area contributed by atoms with Gasteiger partial charge in [-0.3, -0.25) is 4.90 Å². The van der Waals surface area contributed by atoms with E-state index in [0.29, 0.717) is 19.1 Å². The molecule has 0 radical (unpaired) electrons. The molecule has 1 aromatic carbocycles. The Morgan fingerprint density at radius 1 is 1.08 bits per heavy atom. The van der Waals surface area contributed by atoms with Gasteiger partial charge in [-0.15, -0.1) is 0 Å². The molecule has 0 aliphatic carbocycles. The smallest absolute Gasteiger partial charge is 0.387 e. The summed E-state index contributed by atoms with van der Waals surface area (Å²) in [5.41, 5.74) is 2.33. The number of benzene rings is 1. The van der Waals surface area contributed by atoms with Gasteiger partial charge in [0, 0.05) is 38.8 Å². The van der Waals surface area contributed by atoms with Crippen LogP contribution in [0.4, 0.5) is 8.78 Å². The maximum absolute atomic E-state index is 12.8. The van der Waals surface area contributed by atoms with Crippen LogP contribution in [-0.4, -0.2) is 69.7 Å². The fourth-order valence-electron chi connectivity index (χ4n) is 3.76. The van der Waals surface area contributed by atoms with Crippen LogP contribution in [0.15, 0.2) is 40.3 Å². The van der Waals surface area contributed by atoms with Gasteiger partial charge >= 0.3 is 6.61 Å². The highest BCUT2D eigenvalue weighted by Gasteiger charge is 2.38. The van der Waals surface area contributed by atoms with Crippen molar-refractivity contribution >= 4 is 10.0 Å². The lowest BCUT2D eigenvalue weighted by atomic mass is 10.2. The maximum atomic E-state index is 12.8. The zero-order valence-corrected chi connectivity index (χ0v) is 14.9. The Morgan fingerprint density at radius 2 is 1.73 bits per heavy atom. The highest BCUT2D eigenvalue weighted by Crippen LogP contribution is 2.32. The van der Waals surface area contributed by atoms with Crippen LogP contribution in [0.1, 0.15) is 6.42 Å². The zero-order chi connectivity index (χ0) is 18.3. The first-order chi connectivity index (χ1) is 12.4. The number of alkyl halides is 2. The van der Waals surface area contributed by atoms with Crippen LogP contribution in [0.2, 0.25) is 0 Å². The van der Waals surface area contributed by atoms with Crippen LogP contribution in [0, 0.1) is 0 Å². The fraction of sp³-hybridized carbons (Fsp3) is 0.529. The van der Waals surface area contributed by atoms with Crippen molar-refractivity contribution in [1.82, 2.24) is 9.21 Å². The van der Waals surface area contributed by atoms with Crippen molar-refractivity contribution in [2.75, 3.05) is 39.4 Å². The fourth-order valence-corrected chi connectivity index (χ4v) is 5.19. The van der Waals surface area contributed by atoms with E-state index in [0.717, 1.165) is 43.9 Å². The zero-order valence-electron chi connectivity index (χ0n) is 14.1. The topological polar surface area (TPSA) is 59.1 Å². The first-order valence-corrected chi connectivity index (χ1v) is 9.94. The monoisotopic (exact) mass is 386 g/mol. The van der Waals surface area contributed by atoms with Gasteiger partial charge in [0.1, 0.15) is 5.75 Å². The van der Waals surface area contributed by atoms with Crippen LogP contribution in [0.3, 0.4) is 0 Å². The molecule has 142 valence electrons. The summed E-state index contributed by atoms with van der Waals surface area (Å²) in [6, 6.07) is 5.53. The van der Waals surface area contributed by atoms with Crippen LogP contribution >= 0.6 is 0 Å². The molecule has 0 amide bonds. The Kier molecular flexibility index (Phi) is 4.72. The summed E-state index contributed by atoms with van der Waals surface area (Å²) in [5, 5.41) is 0. The van der Waals surface area contributed by atoms with Crippen LogP contribution in [0.5, 0.6) is 5.75 Å². The number of rotatable bonds is 5. The molecule has 1 aromatic rings. The molecular weight excluding hydrogens is 366 g/mol. The summed E-state index contributed by atoms with van der Waals surface area (Å²) in [5.74, 6) is -0.0598. The van der Waals surface area contributed by atoms with E-state index in [-0.39, 0.29) is 10.6 Å². The number of halogens is 2. The summed E-state index contributed by atoms with van der Waals surface area (Å²) in [7, 11) is -3.66.